The molecule has 0 saturated carbocycles. The second kappa shape index (κ2) is 8.57. The quantitative estimate of drug-likeness (QED) is 0.443. The Kier molecular flexibility index (Phi) is 6.46. The van der Waals surface area contributed by atoms with Gasteiger partial charge in [0, 0.05) is 5.69 Å². The predicted molar refractivity (Wildman–Crippen MR) is 113 cm³/mol. The molecule has 2 nitrogen and oxygen atoms in total. The first-order chi connectivity index (χ1) is 12.3. The van der Waals surface area contributed by atoms with Gasteiger partial charge in [-0.25, -0.2) is 0 Å². The summed E-state index contributed by atoms with van der Waals surface area (Å²) in [6, 6.07) is 16.4. The highest BCUT2D eigenvalue weighted by Gasteiger charge is 2.16. The van der Waals surface area contributed by atoms with Crippen LogP contribution in [0.1, 0.15) is 40.2 Å². The zero-order valence-electron chi connectivity index (χ0n) is 16.5. The molecule has 0 aliphatic carbocycles. The Morgan fingerprint density at radius 1 is 1.08 bits per heavy atom. The van der Waals surface area contributed by atoms with Crippen molar-refractivity contribution < 1.29 is 4.74 Å². The second-order valence-electron chi connectivity index (χ2n) is 7.41. The first-order valence-electron chi connectivity index (χ1n) is 8.94. The average Bonchev–Trinajstić information content (AvgIpc) is 2.56. The smallest absolute Gasteiger partial charge is 0.151 e. The number of ether oxygens (including phenoxy) is 1. The number of para-hydroxylation sites is 1. The zero-order valence-corrected chi connectivity index (χ0v) is 16.5. The van der Waals surface area contributed by atoms with Gasteiger partial charge in [-0.05, 0) is 60.7 Å². The van der Waals surface area contributed by atoms with Crippen molar-refractivity contribution in [3.8, 4) is 5.75 Å². The summed E-state index contributed by atoms with van der Waals surface area (Å²) in [6.45, 7) is 14.7. The molecule has 0 spiro atoms. The van der Waals surface area contributed by atoms with Crippen molar-refractivity contribution in [1.29, 1.82) is 0 Å². The molecule has 2 heteroatoms. The Bertz CT molecular complexity index is 808. The lowest BCUT2D eigenvalue weighted by molar-refractivity contribution is 0.445. The third kappa shape index (κ3) is 5.66. The van der Waals surface area contributed by atoms with Crippen LogP contribution in [0.5, 0.6) is 5.75 Å². The maximum atomic E-state index is 6.10. The summed E-state index contributed by atoms with van der Waals surface area (Å²) in [5.41, 5.74) is 4.30. The van der Waals surface area contributed by atoms with Crippen LogP contribution in [0.25, 0.3) is 0 Å². The molecule has 1 N–H and O–H groups in total. The monoisotopic (exact) mass is 347 g/mol. The highest BCUT2D eigenvalue weighted by molar-refractivity contribution is 5.67. The highest BCUT2D eigenvalue weighted by Crippen LogP contribution is 2.34. The van der Waals surface area contributed by atoms with Gasteiger partial charge < -0.3 is 10.1 Å². The summed E-state index contributed by atoms with van der Waals surface area (Å²) in [4.78, 5) is 0. The fourth-order valence-electron chi connectivity index (χ4n) is 2.59. The van der Waals surface area contributed by atoms with Gasteiger partial charge >= 0.3 is 0 Å². The molecule has 0 amide bonds. The minimum absolute atomic E-state index is 0.0431. The van der Waals surface area contributed by atoms with E-state index >= 15 is 0 Å². The largest absolute Gasteiger partial charge is 0.456 e. The minimum atomic E-state index is 0.0431. The fourth-order valence-corrected chi connectivity index (χ4v) is 2.59. The number of anilines is 2. The second-order valence-corrected chi connectivity index (χ2v) is 7.41. The van der Waals surface area contributed by atoms with Gasteiger partial charge in [0.25, 0.3) is 0 Å². The molecule has 0 aliphatic rings. The molecule has 26 heavy (non-hydrogen) atoms. The van der Waals surface area contributed by atoms with E-state index < -0.39 is 0 Å². The molecule has 0 bridgehead atoms. The summed E-state index contributed by atoms with van der Waals surface area (Å²) in [5, 5.41) is 3.43. The molecule has 0 radical (unpaired) electrons. The summed E-state index contributed by atoms with van der Waals surface area (Å²) in [5.74, 6) is 1.39. The van der Waals surface area contributed by atoms with Crippen LogP contribution in [-0.4, -0.2) is 0 Å². The van der Waals surface area contributed by atoms with Crippen LogP contribution < -0.4 is 10.1 Å². The van der Waals surface area contributed by atoms with Crippen LogP contribution in [-0.2, 0) is 5.41 Å². The van der Waals surface area contributed by atoms with Gasteiger partial charge in [0.05, 0.1) is 5.69 Å². The van der Waals surface area contributed by atoms with Crippen molar-refractivity contribution >= 4 is 11.4 Å². The van der Waals surface area contributed by atoms with Crippen LogP contribution in [0.4, 0.5) is 11.4 Å². The number of benzene rings is 2. The normalized spacial score (nSPS) is 12.3. The van der Waals surface area contributed by atoms with E-state index in [1.807, 2.05) is 62.4 Å². The number of rotatable bonds is 6. The SMILES string of the molecule is C=C(/C=C(C)\C=C/C)Oc1cc(C(C)(C)C)ccc1Nc1ccccc1. The maximum Gasteiger partial charge on any atom is 0.151 e. The van der Waals surface area contributed by atoms with Crippen LogP contribution in [0.15, 0.2) is 84.7 Å². The first kappa shape index (κ1) is 19.6. The lowest BCUT2D eigenvalue weighted by Gasteiger charge is -2.22. The van der Waals surface area contributed by atoms with Crippen molar-refractivity contribution in [2.45, 2.75) is 40.0 Å². The van der Waals surface area contributed by atoms with Crippen molar-refractivity contribution in [2.75, 3.05) is 5.32 Å². The van der Waals surface area contributed by atoms with E-state index in [2.05, 4.69) is 50.9 Å². The zero-order chi connectivity index (χ0) is 19.2. The van der Waals surface area contributed by atoms with Gasteiger partial charge in [0.2, 0.25) is 0 Å². The molecular formula is C24H29NO. The third-order valence-corrected chi connectivity index (χ3v) is 3.96. The lowest BCUT2D eigenvalue weighted by atomic mass is 9.87. The molecule has 0 aliphatic heterocycles. The van der Waals surface area contributed by atoms with E-state index in [1.54, 1.807) is 0 Å². The standard InChI is InChI=1S/C24H29NO/c1-7-11-18(2)16-19(3)26-23-17-20(24(4,5)6)14-15-22(23)25-21-12-9-8-10-13-21/h7-17,25H,3H2,1-2,4-6H3/b11-7-,18-16-. The number of nitrogens with one attached hydrogen (secondary N) is 1. The molecule has 0 fully saturated rings. The van der Waals surface area contributed by atoms with Crippen LogP contribution >= 0.6 is 0 Å². The van der Waals surface area contributed by atoms with Gasteiger partial charge in [0.15, 0.2) is 5.75 Å². The van der Waals surface area contributed by atoms with Gasteiger partial charge in [0.1, 0.15) is 5.76 Å². The highest BCUT2D eigenvalue weighted by atomic mass is 16.5. The molecule has 2 aromatic carbocycles. The summed E-state index contributed by atoms with van der Waals surface area (Å²) in [6.07, 6.45) is 5.97. The molecule has 0 atom stereocenters. The Morgan fingerprint density at radius 3 is 2.38 bits per heavy atom. The Labute approximate surface area is 157 Å². The summed E-state index contributed by atoms with van der Waals surface area (Å²) in [7, 11) is 0. The van der Waals surface area contributed by atoms with E-state index in [-0.39, 0.29) is 5.41 Å². The van der Waals surface area contributed by atoms with E-state index in [0.717, 1.165) is 22.7 Å². The fraction of sp³-hybridized carbons (Fsp3) is 0.250. The number of hydrogen-bond donors (Lipinski definition) is 1. The predicted octanol–water partition coefficient (Wildman–Crippen LogP) is 7.14. The molecule has 2 rings (SSSR count). The molecule has 0 aromatic heterocycles. The van der Waals surface area contributed by atoms with Crippen molar-refractivity contribution in [2.24, 2.45) is 0 Å². The van der Waals surface area contributed by atoms with Crippen molar-refractivity contribution in [3.63, 3.8) is 0 Å². The van der Waals surface area contributed by atoms with E-state index in [9.17, 15) is 0 Å². The topological polar surface area (TPSA) is 21.3 Å². The van der Waals surface area contributed by atoms with Gasteiger partial charge in [-0.15, -0.1) is 0 Å². The maximum absolute atomic E-state index is 6.10. The van der Waals surface area contributed by atoms with Crippen molar-refractivity contribution in [3.05, 3.63) is 90.2 Å². The molecule has 136 valence electrons. The Morgan fingerprint density at radius 2 is 1.77 bits per heavy atom. The number of hydrogen-bond acceptors (Lipinski definition) is 2. The summed E-state index contributed by atoms with van der Waals surface area (Å²) < 4.78 is 6.10. The Balaban J connectivity index is 2.35. The third-order valence-electron chi connectivity index (χ3n) is 3.96. The van der Waals surface area contributed by atoms with Crippen LogP contribution in [0, 0.1) is 0 Å². The van der Waals surface area contributed by atoms with Gasteiger partial charge in [-0.3, -0.25) is 0 Å². The molecule has 0 heterocycles. The molecule has 0 unspecified atom stereocenters. The van der Waals surface area contributed by atoms with Gasteiger partial charge in [-0.1, -0.05) is 63.8 Å². The minimum Gasteiger partial charge on any atom is -0.456 e. The van der Waals surface area contributed by atoms with Gasteiger partial charge in [-0.2, -0.15) is 0 Å². The lowest BCUT2D eigenvalue weighted by Crippen LogP contribution is -2.11. The van der Waals surface area contributed by atoms with Crippen molar-refractivity contribution in [1.82, 2.24) is 0 Å². The molecule has 0 saturated heterocycles. The number of allylic oxidation sites excluding steroid dienone is 4. The van der Waals surface area contributed by atoms with E-state index in [1.165, 1.54) is 5.56 Å². The van der Waals surface area contributed by atoms with E-state index in [0.29, 0.717) is 5.76 Å². The van der Waals surface area contributed by atoms with Crippen LogP contribution in [0.2, 0.25) is 0 Å². The Hall–Kier alpha value is -2.74. The summed E-state index contributed by atoms with van der Waals surface area (Å²) >= 11 is 0. The van der Waals surface area contributed by atoms with E-state index in [4.69, 9.17) is 4.74 Å². The van der Waals surface area contributed by atoms with Crippen LogP contribution in [0.3, 0.4) is 0 Å². The molecular weight excluding hydrogens is 318 g/mol. The molecule has 2 aromatic rings. The first-order valence-corrected chi connectivity index (χ1v) is 8.94. The average molecular weight is 348 g/mol.